The third kappa shape index (κ3) is 4.12. The van der Waals surface area contributed by atoms with Gasteiger partial charge in [-0.25, -0.2) is 4.98 Å². The van der Waals surface area contributed by atoms with Crippen molar-refractivity contribution in [3.8, 4) is 0 Å². The van der Waals surface area contributed by atoms with Gasteiger partial charge in [-0.15, -0.1) is 0 Å². The summed E-state index contributed by atoms with van der Waals surface area (Å²) >= 11 is 9.66. The predicted molar refractivity (Wildman–Crippen MR) is 111 cm³/mol. The molecule has 1 unspecified atom stereocenters. The zero-order valence-electron chi connectivity index (χ0n) is 16.1. The van der Waals surface area contributed by atoms with Gasteiger partial charge < -0.3 is 14.2 Å². The number of benzene rings is 2. The van der Waals surface area contributed by atoms with Crippen LogP contribution in [0.2, 0.25) is 5.02 Å². The van der Waals surface area contributed by atoms with E-state index in [4.69, 9.17) is 11.6 Å². The first kappa shape index (κ1) is 22.3. The second-order valence-corrected chi connectivity index (χ2v) is 8.47. The molecular formula is C20H16BrClF5N3O. The van der Waals surface area contributed by atoms with Crippen LogP contribution in [0.15, 0.2) is 34.8 Å². The lowest BCUT2D eigenvalue weighted by molar-refractivity contribution is -0.276. The van der Waals surface area contributed by atoms with Gasteiger partial charge in [0.2, 0.25) is 5.95 Å². The number of ether oxygens (including phenoxy) is 1. The number of hydrogen-bond acceptors (Lipinski definition) is 3. The van der Waals surface area contributed by atoms with Crippen LogP contribution in [0.4, 0.5) is 33.6 Å². The summed E-state index contributed by atoms with van der Waals surface area (Å²) in [7, 11) is 0. The van der Waals surface area contributed by atoms with Crippen molar-refractivity contribution in [1.29, 1.82) is 0 Å². The highest BCUT2D eigenvalue weighted by atomic mass is 79.9. The molecule has 0 N–H and O–H groups in total. The molecule has 3 aromatic rings. The Kier molecular flexibility index (Phi) is 5.91. The van der Waals surface area contributed by atoms with E-state index < -0.39 is 24.5 Å². The van der Waals surface area contributed by atoms with Gasteiger partial charge in [0, 0.05) is 28.8 Å². The number of rotatable bonds is 4. The van der Waals surface area contributed by atoms with Crippen molar-refractivity contribution in [3.63, 3.8) is 0 Å². The second-order valence-electron chi connectivity index (χ2n) is 7.15. The van der Waals surface area contributed by atoms with Crippen molar-refractivity contribution in [2.24, 2.45) is 0 Å². The summed E-state index contributed by atoms with van der Waals surface area (Å²) < 4.78 is 73.0. The third-order valence-electron chi connectivity index (χ3n) is 5.13. The highest BCUT2D eigenvalue weighted by molar-refractivity contribution is 9.10. The number of nitrogens with zero attached hydrogens (tertiary/aromatic N) is 3. The molecular weight excluding hydrogens is 509 g/mol. The lowest BCUT2D eigenvalue weighted by atomic mass is 10.1. The van der Waals surface area contributed by atoms with Gasteiger partial charge in [0.15, 0.2) is 6.10 Å². The topological polar surface area (TPSA) is 30.3 Å². The van der Waals surface area contributed by atoms with Crippen LogP contribution in [-0.4, -0.2) is 28.9 Å². The summed E-state index contributed by atoms with van der Waals surface area (Å²) in [5, 5.41) is 0.131. The molecule has 0 radical (unpaired) electrons. The smallest absolute Gasteiger partial charge is 0.312 e. The van der Waals surface area contributed by atoms with E-state index in [2.05, 4.69) is 25.7 Å². The molecule has 0 aliphatic carbocycles. The van der Waals surface area contributed by atoms with Gasteiger partial charge in [-0.1, -0.05) is 33.6 Å². The highest BCUT2D eigenvalue weighted by Gasteiger charge is 2.45. The summed E-state index contributed by atoms with van der Waals surface area (Å²) in [6.07, 6.45) is -7.23. The van der Waals surface area contributed by atoms with Gasteiger partial charge in [0.25, 0.3) is 0 Å². The van der Waals surface area contributed by atoms with E-state index in [1.165, 1.54) is 6.07 Å². The lowest BCUT2D eigenvalue weighted by Crippen LogP contribution is -2.29. The molecule has 1 aromatic heterocycles. The molecule has 0 bridgehead atoms. The largest absolute Gasteiger partial charge is 0.419 e. The average Bonchev–Trinajstić information content (AvgIpc) is 3.07. The van der Waals surface area contributed by atoms with E-state index >= 15 is 0 Å². The van der Waals surface area contributed by atoms with Crippen LogP contribution in [-0.2, 0) is 11.3 Å². The fourth-order valence-corrected chi connectivity index (χ4v) is 4.59. The molecule has 1 aliphatic rings. The molecule has 4 nitrogen and oxygen atoms in total. The standard InChI is InChI=1S/C20H16BrClF5N3O/c1-10-9-11(21)3-6-14(10)29-7-2-8-30-16-12(17(20(25,26)27)31-18(23)24)4-5-13(22)15(16)28-19(29)30/h3-6,9,17-18H,2,7-8H2,1H3. The fourth-order valence-electron chi connectivity index (χ4n) is 3.92. The maximum Gasteiger partial charge on any atom is 0.419 e. The van der Waals surface area contributed by atoms with Crippen LogP contribution in [0, 0.1) is 6.92 Å². The quantitative estimate of drug-likeness (QED) is 0.340. The van der Waals surface area contributed by atoms with Gasteiger partial charge in [-0.2, -0.15) is 22.0 Å². The lowest BCUT2D eigenvalue weighted by Gasteiger charge is -2.31. The molecule has 2 heterocycles. The van der Waals surface area contributed by atoms with E-state index in [9.17, 15) is 22.0 Å². The minimum absolute atomic E-state index is 0.0462. The van der Waals surface area contributed by atoms with Crippen molar-refractivity contribution < 1.29 is 26.7 Å². The number of alkyl halides is 5. The van der Waals surface area contributed by atoms with Crippen molar-refractivity contribution >= 4 is 50.2 Å². The molecule has 0 fully saturated rings. The Morgan fingerprint density at radius 2 is 1.90 bits per heavy atom. The third-order valence-corrected chi connectivity index (χ3v) is 5.93. The van der Waals surface area contributed by atoms with Gasteiger partial charge in [0.1, 0.15) is 5.52 Å². The van der Waals surface area contributed by atoms with Gasteiger partial charge in [-0.05, 0) is 43.2 Å². The number of hydrogen-bond donors (Lipinski definition) is 0. The predicted octanol–water partition coefficient (Wildman–Crippen LogP) is 7.15. The van der Waals surface area contributed by atoms with Crippen LogP contribution in [0.3, 0.4) is 0 Å². The Morgan fingerprint density at radius 1 is 1.16 bits per heavy atom. The summed E-state index contributed by atoms with van der Waals surface area (Å²) in [6, 6.07) is 7.96. The van der Waals surface area contributed by atoms with Crippen LogP contribution < -0.4 is 4.90 Å². The summed E-state index contributed by atoms with van der Waals surface area (Å²) in [6.45, 7) is -0.724. The Morgan fingerprint density at radius 3 is 2.55 bits per heavy atom. The zero-order chi connectivity index (χ0) is 22.5. The molecule has 31 heavy (non-hydrogen) atoms. The number of anilines is 2. The molecule has 1 atom stereocenters. The normalized spacial score (nSPS) is 15.6. The van der Waals surface area contributed by atoms with Crippen LogP contribution in [0.25, 0.3) is 11.0 Å². The SMILES string of the molecule is Cc1cc(Br)ccc1N1CCCn2c1nc1c(Cl)ccc(C(OC(F)F)C(F)(F)F)c12. The molecule has 0 spiro atoms. The second kappa shape index (κ2) is 8.22. The van der Waals surface area contributed by atoms with Crippen molar-refractivity contribution in [2.75, 3.05) is 11.4 Å². The van der Waals surface area contributed by atoms with E-state index in [1.807, 2.05) is 30.0 Å². The van der Waals surface area contributed by atoms with E-state index in [0.717, 1.165) is 21.8 Å². The summed E-state index contributed by atoms with van der Waals surface area (Å²) in [5.41, 5.74) is 1.50. The Balaban J connectivity index is 1.94. The molecule has 0 amide bonds. The summed E-state index contributed by atoms with van der Waals surface area (Å²) in [4.78, 5) is 6.40. The van der Waals surface area contributed by atoms with Gasteiger partial charge in [0.05, 0.1) is 10.5 Å². The summed E-state index contributed by atoms with van der Waals surface area (Å²) in [5.74, 6) is 0.402. The molecule has 4 rings (SSSR count). The first-order valence-electron chi connectivity index (χ1n) is 9.30. The number of aryl methyl sites for hydroxylation is 2. The van der Waals surface area contributed by atoms with Gasteiger partial charge in [-0.3, -0.25) is 0 Å². The van der Waals surface area contributed by atoms with Crippen LogP contribution >= 0.6 is 27.5 Å². The number of imidazole rings is 1. The Hall–Kier alpha value is -1.91. The maximum absolute atomic E-state index is 13.6. The van der Waals surface area contributed by atoms with Gasteiger partial charge >= 0.3 is 12.8 Å². The molecule has 0 saturated carbocycles. The molecule has 2 aromatic carbocycles. The zero-order valence-corrected chi connectivity index (χ0v) is 18.4. The average molecular weight is 525 g/mol. The first-order chi connectivity index (χ1) is 14.6. The van der Waals surface area contributed by atoms with Crippen LogP contribution in [0.1, 0.15) is 23.7 Å². The first-order valence-corrected chi connectivity index (χ1v) is 10.5. The molecule has 11 heteroatoms. The van der Waals surface area contributed by atoms with Crippen molar-refractivity contribution in [1.82, 2.24) is 9.55 Å². The molecule has 1 aliphatic heterocycles. The minimum Gasteiger partial charge on any atom is -0.312 e. The van der Waals surface area contributed by atoms with E-state index in [1.54, 1.807) is 4.57 Å². The molecule has 166 valence electrons. The Bertz CT molecular complexity index is 1130. The Labute approximate surface area is 187 Å². The number of fused-ring (bicyclic) bond motifs is 3. The minimum atomic E-state index is -5.04. The van der Waals surface area contributed by atoms with E-state index in [0.29, 0.717) is 25.5 Å². The van der Waals surface area contributed by atoms with E-state index in [-0.39, 0.29) is 16.1 Å². The fraction of sp³-hybridized carbons (Fsp3) is 0.350. The van der Waals surface area contributed by atoms with Crippen molar-refractivity contribution in [3.05, 3.63) is 51.0 Å². The highest BCUT2D eigenvalue weighted by Crippen LogP contribution is 2.44. The van der Waals surface area contributed by atoms with Crippen molar-refractivity contribution in [2.45, 2.75) is 38.8 Å². The van der Waals surface area contributed by atoms with Crippen LogP contribution in [0.5, 0.6) is 0 Å². The number of halogens is 7. The maximum atomic E-state index is 13.6. The number of aromatic nitrogens is 2. The monoisotopic (exact) mass is 523 g/mol. The molecule has 0 saturated heterocycles.